The van der Waals surface area contributed by atoms with Crippen molar-refractivity contribution in [1.82, 2.24) is 0 Å². The average Bonchev–Trinajstić information content (AvgIpc) is 2.49. The van der Waals surface area contributed by atoms with Gasteiger partial charge in [-0.3, -0.25) is 4.79 Å². The maximum absolute atomic E-state index is 11.5. The number of hydrogen-bond acceptors (Lipinski definition) is 2. The van der Waals surface area contributed by atoms with Crippen molar-refractivity contribution in [2.75, 3.05) is 11.9 Å². The Morgan fingerprint density at radius 3 is 2.29 bits per heavy atom. The number of halogens is 1. The van der Waals surface area contributed by atoms with Crippen molar-refractivity contribution >= 4 is 21.9 Å². The fourth-order valence-corrected chi connectivity index (χ4v) is 2.50. The predicted molar refractivity (Wildman–Crippen MR) is 95.0 cm³/mol. The van der Waals surface area contributed by atoms with E-state index in [1.807, 2.05) is 0 Å². The molecule has 0 aliphatic heterocycles. The van der Waals surface area contributed by atoms with E-state index in [0.717, 1.165) is 31.0 Å². The molecule has 0 unspecified atom stereocenters. The fraction of sp³-hybridized carbons (Fsp3) is 0.833. The summed E-state index contributed by atoms with van der Waals surface area (Å²) in [6.45, 7) is 2.79. The second kappa shape index (κ2) is 17.7. The van der Waals surface area contributed by atoms with E-state index in [2.05, 4.69) is 35.0 Å². The minimum absolute atomic E-state index is 0.0255. The van der Waals surface area contributed by atoms with E-state index in [-0.39, 0.29) is 5.97 Å². The number of carbonyl (C=O) groups excluding carboxylic acids is 1. The Kier molecular flexibility index (Phi) is 17.5. The first kappa shape index (κ1) is 20.7. The maximum atomic E-state index is 11.5. The molecular weight excluding hydrogens is 328 g/mol. The molecule has 21 heavy (non-hydrogen) atoms. The molecule has 0 aliphatic rings. The summed E-state index contributed by atoms with van der Waals surface area (Å²) in [5, 5.41) is 1.09. The summed E-state index contributed by atoms with van der Waals surface area (Å²) in [5.41, 5.74) is 0. The fourth-order valence-electron chi connectivity index (χ4n) is 2.10. The third-order valence-electron chi connectivity index (χ3n) is 3.43. The van der Waals surface area contributed by atoms with E-state index >= 15 is 0 Å². The zero-order valence-corrected chi connectivity index (χ0v) is 15.3. The third kappa shape index (κ3) is 17.6. The van der Waals surface area contributed by atoms with Gasteiger partial charge in [0.1, 0.15) is 0 Å². The van der Waals surface area contributed by atoms with Crippen molar-refractivity contribution in [1.29, 1.82) is 0 Å². The molecule has 0 aromatic rings. The van der Waals surface area contributed by atoms with Crippen molar-refractivity contribution in [3.8, 4) is 0 Å². The van der Waals surface area contributed by atoms with Crippen LogP contribution in [0.4, 0.5) is 0 Å². The van der Waals surface area contributed by atoms with Crippen LogP contribution in [0.15, 0.2) is 12.2 Å². The molecular formula is C18H33BrO2. The molecule has 124 valence electrons. The first-order chi connectivity index (χ1) is 10.3. The molecule has 0 amide bonds. The van der Waals surface area contributed by atoms with Crippen LogP contribution in [-0.4, -0.2) is 17.9 Å². The van der Waals surface area contributed by atoms with Crippen LogP contribution in [0.3, 0.4) is 0 Å². The zero-order valence-electron chi connectivity index (χ0n) is 13.7. The molecule has 0 atom stereocenters. The second-order valence-electron chi connectivity index (χ2n) is 5.54. The number of hydrogen-bond donors (Lipinski definition) is 0. The molecule has 0 N–H and O–H groups in total. The Labute approximate surface area is 139 Å². The van der Waals surface area contributed by atoms with Crippen LogP contribution in [0.1, 0.15) is 84.0 Å². The topological polar surface area (TPSA) is 26.3 Å². The van der Waals surface area contributed by atoms with Crippen molar-refractivity contribution in [3.05, 3.63) is 12.2 Å². The zero-order chi connectivity index (χ0) is 15.6. The van der Waals surface area contributed by atoms with Gasteiger partial charge in [0.05, 0.1) is 6.61 Å². The monoisotopic (exact) mass is 360 g/mol. The first-order valence-corrected chi connectivity index (χ1v) is 9.80. The van der Waals surface area contributed by atoms with Crippen molar-refractivity contribution in [2.24, 2.45) is 0 Å². The molecule has 0 aromatic carbocycles. The lowest BCUT2D eigenvalue weighted by Crippen LogP contribution is -2.05. The molecule has 3 heteroatoms. The Morgan fingerprint density at radius 2 is 1.57 bits per heavy atom. The van der Waals surface area contributed by atoms with Gasteiger partial charge in [0.25, 0.3) is 0 Å². The number of carbonyl (C=O) groups is 1. The van der Waals surface area contributed by atoms with E-state index in [1.165, 1.54) is 44.9 Å². The molecule has 0 heterocycles. The van der Waals surface area contributed by atoms with Gasteiger partial charge in [-0.2, -0.15) is 0 Å². The Bertz CT molecular complexity index is 252. The predicted octanol–water partition coefficient (Wildman–Crippen LogP) is 6.18. The van der Waals surface area contributed by atoms with Gasteiger partial charge in [-0.15, -0.1) is 0 Å². The molecule has 0 radical (unpaired) electrons. The lowest BCUT2D eigenvalue weighted by molar-refractivity contribution is -0.143. The molecule has 0 rings (SSSR count). The minimum atomic E-state index is -0.0255. The summed E-state index contributed by atoms with van der Waals surface area (Å²) in [4.78, 5) is 11.5. The van der Waals surface area contributed by atoms with Crippen LogP contribution in [0.5, 0.6) is 0 Å². The number of rotatable bonds is 15. The van der Waals surface area contributed by atoms with Crippen LogP contribution < -0.4 is 0 Å². The molecule has 0 spiro atoms. The summed E-state index contributed by atoms with van der Waals surface area (Å²) in [7, 11) is 0. The summed E-state index contributed by atoms with van der Waals surface area (Å²) in [5.74, 6) is -0.0255. The van der Waals surface area contributed by atoms with Gasteiger partial charge in [0.2, 0.25) is 0 Å². The highest BCUT2D eigenvalue weighted by Gasteiger charge is 2.01. The third-order valence-corrected chi connectivity index (χ3v) is 3.99. The van der Waals surface area contributed by atoms with Crippen LogP contribution >= 0.6 is 15.9 Å². The molecule has 0 fully saturated rings. The largest absolute Gasteiger partial charge is 0.466 e. The summed E-state index contributed by atoms with van der Waals surface area (Å²) in [6.07, 6.45) is 17.9. The quantitative estimate of drug-likeness (QED) is 0.151. The van der Waals surface area contributed by atoms with Crippen molar-refractivity contribution < 1.29 is 9.53 Å². The van der Waals surface area contributed by atoms with Crippen LogP contribution in [0, 0.1) is 0 Å². The summed E-state index contributed by atoms with van der Waals surface area (Å²) < 4.78 is 5.23. The Hall–Kier alpha value is -0.310. The second-order valence-corrected chi connectivity index (χ2v) is 6.33. The smallest absolute Gasteiger partial charge is 0.305 e. The van der Waals surface area contributed by atoms with Crippen LogP contribution in [0.25, 0.3) is 0 Å². The number of allylic oxidation sites excluding steroid dienone is 2. The lowest BCUT2D eigenvalue weighted by atomic mass is 10.1. The maximum Gasteiger partial charge on any atom is 0.305 e. The van der Waals surface area contributed by atoms with Gasteiger partial charge in [0.15, 0.2) is 0 Å². The summed E-state index contributed by atoms with van der Waals surface area (Å²) in [6, 6.07) is 0. The average molecular weight is 361 g/mol. The number of esters is 1. The molecule has 0 saturated carbocycles. The van der Waals surface area contributed by atoms with Crippen molar-refractivity contribution in [3.63, 3.8) is 0 Å². The van der Waals surface area contributed by atoms with E-state index in [0.29, 0.717) is 13.0 Å². The molecule has 0 aliphatic carbocycles. The lowest BCUT2D eigenvalue weighted by Gasteiger charge is -2.03. The van der Waals surface area contributed by atoms with E-state index in [1.54, 1.807) is 0 Å². The standard InChI is InChI=1S/C18H33BrO2/c1-2-3-4-5-6-7-11-14-17-21-18(20)15-12-9-8-10-13-16-19/h6-7H,2-5,8-17H2,1H3/b7-6-. The van der Waals surface area contributed by atoms with Gasteiger partial charge in [-0.1, -0.05) is 67.1 Å². The first-order valence-electron chi connectivity index (χ1n) is 8.67. The van der Waals surface area contributed by atoms with E-state index in [9.17, 15) is 4.79 Å². The van der Waals surface area contributed by atoms with Crippen LogP contribution in [0.2, 0.25) is 0 Å². The van der Waals surface area contributed by atoms with E-state index in [4.69, 9.17) is 4.74 Å². The Morgan fingerprint density at radius 1 is 0.905 bits per heavy atom. The number of alkyl halides is 1. The van der Waals surface area contributed by atoms with Crippen LogP contribution in [-0.2, 0) is 9.53 Å². The highest BCUT2D eigenvalue weighted by Crippen LogP contribution is 2.07. The SMILES string of the molecule is CCCCC/C=C\CCCOC(=O)CCCCCCCBr. The molecule has 0 bridgehead atoms. The van der Waals surface area contributed by atoms with Gasteiger partial charge >= 0.3 is 5.97 Å². The molecule has 0 saturated heterocycles. The van der Waals surface area contributed by atoms with E-state index < -0.39 is 0 Å². The molecule has 0 aromatic heterocycles. The Balaban J connectivity index is 3.22. The summed E-state index contributed by atoms with van der Waals surface area (Å²) >= 11 is 3.42. The van der Waals surface area contributed by atoms with Gasteiger partial charge in [0, 0.05) is 11.8 Å². The van der Waals surface area contributed by atoms with Gasteiger partial charge in [-0.05, 0) is 38.5 Å². The normalized spacial score (nSPS) is 11.1. The highest BCUT2D eigenvalue weighted by molar-refractivity contribution is 9.09. The number of ether oxygens (including phenoxy) is 1. The van der Waals surface area contributed by atoms with Gasteiger partial charge < -0.3 is 4.74 Å². The van der Waals surface area contributed by atoms with Gasteiger partial charge in [-0.25, -0.2) is 0 Å². The molecule has 2 nitrogen and oxygen atoms in total. The number of unbranched alkanes of at least 4 members (excludes halogenated alkanes) is 8. The highest BCUT2D eigenvalue weighted by atomic mass is 79.9. The van der Waals surface area contributed by atoms with Crippen molar-refractivity contribution in [2.45, 2.75) is 84.0 Å². The minimum Gasteiger partial charge on any atom is -0.466 e.